The summed E-state index contributed by atoms with van der Waals surface area (Å²) in [5, 5.41) is 11.1. The average molecular weight is 265 g/mol. The Labute approximate surface area is 112 Å². The van der Waals surface area contributed by atoms with Gasteiger partial charge in [0.15, 0.2) is 0 Å². The summed E-state index contributed by atoms with van der Waals surface area (Å²) >= 11 is 0. The van der Waals surface area contributed by atoms with Crippen molar-refractivity contribution >= 4 is 11.9 Å². The smallest absolute Gasteiger partial charge is 0.325 e. The highest BCUT2D eigenvalue weighted by molar-refractivity contribution is 5.83. The molecule has 104 valence electrons. The summed E-state index contributed by atoms with van der Waals surface area (Å²) in [4.78, 5) is 22.2. The number of carbonyl (C=O) groups excluding carboxylic acids is 1. The van der Waals surface area contributed by atoms with Crippen LogP contribution in [0.4, 0.5) is 0 Å². The van der Waals surface area contributed by atoms with E-state index in [0.29, 0.717) is 6.42 Å². The van der Waals surface area contributed by atoms with Crippen LogP contribution in [-0.2, 0) is 16.0 Å². The minimum absolute atomic E-state index is 0.234. The molecule has 0 unspecified atom stereocenters. The first-order valence-corrected chi connectivity index (χ1v) is 6.09. The van der Waals surface area contributed by atoms with Gasteiger partial charge in [-0.15, -0.1) is 0 Å². The van der Waals surface area contributed by atoms with Crippen LogP contribution in [0.3, 0.4) is 0 Å². The molecule has 0 aliphatic heterocycles. The van der Waals surface area contributed by atoms with E-state index in [0.717, 1.165) is 16.9 Å². The van der Waals surface area contributed by atoms with Crippen LogP contribution in [0.25, 0.3) is 0 Å². The molecular formula is C14H19NO4. The third kappa shape index (κ3) is 4.62. The molecule has 19 heavy (non-hydrogen) atoms. The highest BCUT2D eigenvalue weighted by Crippen LogP contribution is 2.20. The van der Waals surface area contributed by atoms with E-state index in [-0.39, 0.29) is 12.3 Å². The quantitative estimate of drug-likeness (QED) is 0.817. The van der Waals surface area contributed by atoms with Crippen LogP contribution in [0.1, 0.15) is 24.5 Å². The molecule has 1 aromatic rings. The Balaban J connectivity index is 2.59. The minimum Gasteiger partial charge on any atom is -0.496 e. The first kappa shape index (κ1) is 15.0. The zero-order valence-corrected chi connectivity index (χ0v) is 11.4. The fourth-order valence-electron chi connectivity index (χ4n) is 1.73. The summed E-state index contributed by atoms with van der Waals surface area (Å²) in [6, 6.07) is 4.90. The van der Waals surface area contributed by atoms with Gasteiger partial charge >= 0.3 is 5.97 Å². The zero-order chi connectivity index (χ0) is 14.4. The van der Waals surface area contributed by atoms with Gasteiger partial charge in [0.2, 0.25) is 5.91 Å². The van der Waals surface area contributed by atoms with Gasteiger partial charge < -0.3 is 15.2 Å². The van der Waals surface area contributed by atoms with Crippen LogP contribution in [0, 0.1) is 6.92 Å². The summed E-state index contributed by atoms with van der Waals surface area (Å²) < 4.78 is 5.23. The van der Waals surface area contributed by atoms with Crippen LogP contribution < -0.4 is 10.1 Å². The second-order valence-electron chi connectivity index (χ2n) is 4.44. The second-order valence-corrected chi connectivity index (χ2v) is 4.44. The molecule has 5 heteroatoms. The molecule has 0 spiro atoms. The highest BCUT2D eigenvalue weighted by atomic mass is 16.5. The number of carboxylic acids is 1. The molecule has 0 aromatic heterocycles. The lowest BCUT2D eigenvalue weighted by atomic mass is 10.1. The SMILES string of the molecule is COc1ccc(C)cc1CCC(=O)N[C@@H](C)C(=O)O. The highest BCUT2D eigenvalue weighted by Gasteiger charge is 2.14. The molecule has 1 aromatic carbocycles. The number of ether oxygens (including phenoxy) is 1. The summed E-state index contributed by atoms with van der Waals surface area (Å²) in [6.07, 6.45) is 0.750. The van der Waals surface area contributed by atoms with Crippen molar-refractivity contribution in [2.24, 2.45) is 0 Å². The van der Waals surface area contributed by atoms with E-state index in [2.05, 4.69) is 5.32 Å². The van der Waals surface area contributed by atoms with Gasteiger partial charge in [-0.3, -0.25) is 9.59 Å². The molecule has 1 atom stereocenters. The van der Waals surface area contributed by atoms with Crippen molar-refractivity contribution in [3.8, 4) is 5.75 Å². The predicted octanol–water partition coefficient (Wildman–Crippen LogP) is 1.53. The van der Waals surface area contributed by atoms with Crippen molar-refractivity contribution in [2.45, 2.75) is 32.7 Å². The van der Waals surface area contributed by atoms with Gasteiger partial charge in [-0.25, -0.2) is 0 Å². The maximum Gasteiger partial charge on any atom is 0.325 e. The number of hydrogen-bond acceptors (Lipinski definition) is 3. The van der Waals surface area contributed by atoms with E-state index in [1.807, 2.05) is 25.1 Å². The minimum atomic E-state index is -1.04. The van der Waals surface area contributed by atoms with Crippen molar-refractivity contribution in [3.63, 3.8) is 0 Å². The lowest BCUT2D eigenvalue weighted by Gasteiger charge is -2.11. The van der Waals surface area contributed by atoms with E-state index in [4.69, 9.17) is 9.84 Å². The Morgan fingerprint density at radius 1 is 1.42 bits per heavy atom. The van der Waals surface area contributed by atoms with Crippen LogP contribution >= 0.6 is 0 Å². The number of aryl methyl sites for hydroxylation is 2. The van der Waals surface area contributed by atoms with Gasteiger partial charge in [-0.2, -0.15) is 0 Å². The molecular weight excluding hydrogens is 246 g/mol. The Bertz CT molecular complexity index is 471. The number of hydrogen-bond donors (Lipinski definition) is 2. The normalized spacial score (nSPS) is 11.7. The van der Waals surface area contributed by atoms with Gasteiger partial charge in [0.25, 0.3) is 0 Å². The third-order valence-corrected chi connectivity index (χ3v) is 2.81. The molecule has 0 bridgehead atoms. The Hall–Kier alpha value is -2.04. The fourth-order valence-corrected chi connectivity index (χ4v) is 1.73. The number of carboxylic acid groups (broad SMARTS) is 1. The lowest BCUT2D eigenvalue weighted by Crippen LogP contribution is -2.38. The standard InChI is InChI=1S/C14H19NO4/c1-9-4-6-12(19-3)11(8-9)5-7-13(16)15-10(2)14(17)18/h4,6,8,10H,5,7H2,1-3H3,(H,15,16)(H,17,18)/t10-/m0/s1. The first-order chi connectivity index (χ1) is 8.93. The molecule has 2 N–H and O–H groups in total. The number of aliphatic carboxylic acids is 1. The zero-order valence-electron chi connectivity index (χ0n) is 11.4. The van der Waals surface area contributed by atoms with Crippen molar-refractivity contribution in [1.29, 1.82) is 0 Å². The van der Waals surface area contributed by atoms with Gasteiger partial charge in [-0.1, -0.05) is 17.7 Å². The van der Waals surface area contributed by atoms with Crippen LogP contribution in [0.5, 0.6) is 5.75 Å². The molecule has 0 aliphatic carbocycles. The second kappa shape index (κ2) is 6.78. The Morgan fingerprint density at radius 3 is 2.68 bits per heavy atom. The molecule has 0 fully saturated rings. The van der Waals surface area contributed by atoms with E-state index in [9.17, 15) is 9.59 Å². The average Bonchev–Trinajstić information content (AvgIpc) is 2.36. The first-order valence-electron chi connectivity index (χ1n) is 6.09. The molecule has 0 radical (unpaired) electrons. The largest absolute Gasteiger partial charge is 0.496 e. The van der Waals surface area contributed by atoms with Crippen LogP contribution in [0.15, 0.2) is 18.2 Å². The van der Waals surface area contributed by atoms with Gasteiger partial charge in [0.1, 0.15) is 11.8 Å². The van der Waals surface area contributed by atoms with Crippen molar-refractivity contribution in [3.05, 3.63) is 29.3 Å². The van der Waals surface area contributed by atoms with E-state index in [1.54, 1.807) is 7.11 Å². The van der Waals surface area contributed by atoms with Gasteiger partial charge in [-0.05, 0) is 31.9 Å². The lowest BCUT2D eigenvalue weighted by molar-refractivity contribution is -0.141. The predicted molar refractivity (Wildman–Crippen MR) is 71.3 cm³/mol. The van der Waals surface area contributed by atoms with Crippen LogP contribution in [-0.4, -0.2) is 30.1 Å². The summed E-state index contributed by atoms with van der Waals surface area (Å²) in [5.41, 5.74) is 2.04. The molecule has 0 saturated carbocycles. The molecule has 5 nitrogen and oxygen atoms in total. The molecule has 1 amide bonds. The van der Waals surface area contributed by atoms with Crippen LogP contribution in [0.2, 0.25) is 0 Å². The number of benzene rings is 1. The topological polar surface area (TPSA) is 75.6 Å². The fraction of sp³-hybridized carbons (Fsp3) is 0.429. The number of nitrogens with one attached hydrogen (secondary N) is 1. The number of methoxy groups -OCH3 is 1. The molecule has 1 rings (SSSR count). The number of amides is 1. The third-order valence-electron chi connectivity index (χ3n) is 2.81. The van der Waals surface area contributed by atoms with E-state index >= 15 is 0 Å². The molecule has 0 aliphatic rings. The van der Waals surface area contributed by atoms with Gasteiger partial charge in [0.05, 0.1) is 7.11 Å². The van der Waals surface area contributed by atoms with Crippen molar-refractivity contribution in [2.75, 3.05) is 7.11 Å². The summed E-state index contributed by atoms with van der Waals surface area (Å²) in [7, 11) is 1.58. The van der Waals surface area contributed by atoms with Crippen molar-refractivity contribution < 1.29 is 19.4 Å². The summed E-state index contributed by atoms with van der Waals surface area (Å²) in [6.45, 7) is 3.41. The van der Waals surface area contributed by atoms with E-state index < -0.39 is 12.0 Å². The monoisotopic (exact) mass is 265 g/mol. The van der Waals surface area contributed by atoms with Gasteiger partial charge in [0, 0.05) is 6.42 Å². The Kier molecular flexibility index (Phi) is 5.36. The number of rotatable bonds is 6. The van der Waals surface area contributed by atoms with Crippen molar-refractivity contribution in [1.82, 2.24) is 5.32 Å². The summed E-state index contributed by atoms with van der Waals surface area (Å²) in [5.74, 6) is -0.579. The maximum atomic E-state index is 11.6. The Morgan fingerprint density at radius 2 is 2.11 bits per heavy atom. The number of carbonyl (C=O) groups is 2. The molecule has 0 heterocycles. The van der Waals surface area contributed by atoms with E-state index in [1.165, 1.54) is 6.92 Å². The maximum absolute atomic E-state index is 11.6. The molecule has 0 saturated heterocycles.